The molecule has 1 N–H and O–H groups in total. The number of esters is 2. The zero-order valence-corrected chi connectivity index (χ0v) is 14.0. The van der Waals surface area contributed by atoms with E-state index in [1.807, 2.05) is 0 Å². The van der Waals surface area contributed by atoms with Gasteiger partial charge in [-0.25, -0.2) is 14.4 Å². The first-order valence-corrected chi connectivity index (χ1v) is 7.22. The quantitative estimate of drug-likeness (QED) is 0.639. The van der Waals surface area contributed by atoms with Gasteiger partial charge in [0, 0.05) is 11.4 Å². The predicted octanol–water partition coefficient (Wildman–Crippen LogP) is 1.26. The summed E-state index contributed by atoms with van der Waals surface area (Å²) in [5.74, 6) is -1.39. The molecule has 134 valence electrons. The Labute approximate surface area is 144 Å². The molecule has 0 fully saturated rings. The van der Waals surface area contributed by atoms with E-state index in [1.54, 1.807) is 24.3 Å². The fraction of sp³-hybridized carbons (Fsp3) is 0.312. The summed E-state index contributed by atoms with van der Waals surface area (Å²) >= 11 is 0. The van der Waals surface area contributed by atoms with Gasteiger partial charge < -0.3 is 23.8 Å². The molecule has 0 radical (unpaired) electrons. The second kappa shape index (κ2) is 8.15. The molecular formula is C16H18N2O7. The fourth-order valence-electron chi connectivity index (χ4n) is 2.27. The third-order valence-corrected chi connectivity index (χ3v) is 3.42. The predicted molar refractivity (Wildman–Crippen MR) is 86.8 cm³/mol. The van der Waals surface area contributed by atoms with Gasteiger partial charge >= 0.3 is 18.0 Å². The molecule has 0 bridgehead atoms. The van der Waals surface area contributed by atoms with E-state index < -0.39 is 18.0 Å². The van der Waals surface area contributed by atoms with E-state index in [9.17, 15) is 14.4 Å². The monoisotopic (exact) mass is 350 g/mol. The van der Waals surface area contributed by atoms with E-state index in [0.29, 0.717) is 11.4 Å². The largest absolute Gasteiger partial charge is 0.466 e. The normalized spacial score (nSPS) is 14.0. The van der Waals surface area contributed by atoms with E-state index in [1.165, 1.54) is 26.2 Å². The van der Waals surface area contributed by atoms with Crippen LogP contribution in [0.25, 0.3) is 0 Å². The molecule has 1 aromatic rings. The van der Waals surface area contributed by atoms with Crippen molar-refractivity contribution in [3.05, 3.63) is 35.5 Å². The van der Waals surface area contributed by atoms with Crippen LogP contribution in [0, 0.1) is 0 Å². The van der Waals surface area contributed by atoms with E-state index in [0.717, 1.165) is 0 Å². The van der Waals surface area contributed by atoms with Crippen LogP contribution in [-0.2, 0) is 28.5 Å². The van der Waals surface area contributed by atoms with Crippen molar-refractivity contribution in [3.63, 3.8) is 0 Å². The number of carbonyl (C=O) groups excluding carboxylic acids is 3. The van der Waals surface area contributed by atoms with Crippen molar-refractivity contribution in [2.24, 2.45) is 0 Å². The molecule has 9 heteroatoms. The molecule has 25 heavy (non-hydrogen) atoms. The zero-order chi connectivity index (χ0) is 18.4. The van der Waals surface area contributed by atoms with Gasteiger partial charge in [0.1, 0.15) is 12.4 Å². The van der Waals surface area contributed by atoms with Crippen molar-refractivity contribution in [1.82, 2.24) is 0 Å². The highest BCUT2D eigenvalue weighted by Gasteiger charge is 2.32. The first-order valence-electron chi connectivity index (χ1n) is 7.22. The Morgan fingerprint density at radius 3 is 2.44 bits per heavy atom. The van der Waals surface area contributed by atoms with Crippen LogP contribution in [0.15, 0.2) is 35.5 Å². The Kier molecular flexibility index (Phi) is 5.96. The number of ether oxygens (including phenoxy) is 4. The molecule has 1 heterocycles. The van der Waals surface area contributed by atoms with Gasteiger partial charge in [0.2, 0.25) is 0 Å². The van der Waals surface area contributed by atoms with Crippen LogP contribution in [0.4, 0.5) is 16.2 Å². The number of amides is 1. The number of rotatable bonds is 4. The summed E-state index contributed by atoms with van der Waals surface area (Å²) in [5, 5.41) is 2.52. The molecule has 0 aromatic heterocycles. The lowest BCUT2D eigenvalue weighted by Gasteiger charge is -2.31. The number of nitrogens with zero attached hydrogens (tertiary/aromatic N) is 1. The summed E-state index contributed by atoms with van der Waals surface area (Å²) < 4.78 is 19.4. The van der Waals surface area contributed by atoms with Gasteiger partial charge in [-0.1, -0.05) is 6.07 Å². The van der Waals surface area contributed by atoms with Crippen LogP contribution in [0.2, 0.25) is 0 Å². The average Bonchev–Trinajstić information content (AvgIpc) is 2.66. The highest BCUT2D eigenvalue weighted by Crippen LogP contribution is 2.28. The van der Waals surface area contributed by atoms with Crippen molar-refractivity contribution in [1.29, 1.82) is 0 Å². The lowest BCUT2D eigenvalue weighted by Crippen LogP contribution is -2.38. The number of hydrogen-bond donors (Lipinski definition) is 1. The Morgan fingerprint density at radius 2 is 1.80 bits per heavy atom. The van der Waals surface area contributed by atoms with Crippen LogP contribution in [0.1, 0.15) is 0 Å². The Hall–Kier alpha value is -3.07. The Bertz CT molecular complexity index is 714. The summed E-state index contributed by atoms with van der Waals surface area (Å²) in [6.45, 7) is -0.0552. The summed E-state index contributed by atoms with van der Waals surface area (Å²) in [5.41, 5.74) is 1.02. The van der Waals surface area contributed by atoms with Crippen molar-refractivity contribution in [3.8, 4) is 0 Å². The third-order valence-electron chi connectivity index (χ3n) is 3.42. The van der Waals surface area contributed by atoms with Crippen molar-refractivity contribution in [2.75, 3.05) is 44.9 Å². The molecule has 0 unspecified atom stereocenters. The van der Waals surface area contributed by atoms with Crippen molar-refractivity contribution >= 4 is 29.4 Å². The van der Waals surface area contributed by atoms with Crippen LogP contribution in [0.5, 0.6) is 0 Å². The minimum Gasteiger partial charge on any atom is -0.466 e. The third kappa shape index (κ3) is 4.07. The van der Waals surface area contributed by atoms with Gasteiger partial charge in [0.05, 0.1) is 33.5 Å². The molecule has 0 atom stereocenters. The van der Waals surface area contributed by atoms with Crippen molar-refractivity contribution < 1.29 is 33.3 Å². The van der Waals surface area contributed by atoms with Gasteiger partial charge in [-0.05, 0) is 18.2 Å². The summed E-state index contributed by atoms with van der Waals surface area (Å²) in [7, 11) is 3.68. The van der Waals surface area contributed by atoms with Crippen LogP contribution < -0.4 is 10.2 Å². The number of anilines is 2. The number of nitrogens with one attached hydrogen (secondary N) is 1. The van der Waals surface area contributed by atoms with E-state index in [-0.39, 0.29) is 24.6 Å². The minimum atomic E-state index is -0.699. The van der Waals surface area contributed by atoms with E-state index >= 15 is 0 Å². The van der Waals surface area contributed by atoms with Gasteiger partial charge in [-0.3, -0.25) is 5.32 Å². The molecule has 1 aliphatic heterocycles. The SMILES string of the molecule is COC(=O)Nc1cccc(N2COCC(C(=O)OC)=C2C(=O)OC)c1. The van der Waals surface area contributed by atoms with Crippen molar-refractivity contribution in [2.45, 2.75) is 0 Å². The zero-order valence-electron chi connectivity index (χ0n) is 14.0. The van der Waals surface area contributed by atoms with Crippen LogP contribution >= 0.6 is 0 Å². The van der Waals surface area contributed by atoms with Crippen LogP contribution in [-0.4, -0.2) is 52.7 Å². The molecule has 0 saturated carbocycles. The molecule has 0 saturated heterocycles. The summed E-state index contributed by atoms with van der Waals surface area (Å²) in [6.07, 6.45) is -0.633. The molecule has 1 aliphatic rings. The number of methoxy groups -OCH3 is 3. The highest BCUT2D eigenvalue weighted by atomic mass is 16.5. The standard InChI is InChI=1S/C16H18N2O7/c1-22-14(19)12-8-25-9-18(13(12)15(20)23-2)11-6-4-5-10(7-11)17-16(21)24-3/h4-7H,8-9H2,1-3H3,(H,17,21). The highest BCUT2D eigenvalue weighted by molar-refractivity contribution is 6.03. The first-order chi connectivity index (χ1) is 12.0. The second-order valence-electron chi connectivity index (χ2n) is 4.88. The molecule has 0 spiro atoms. The van der Waals surface area contributed by atoms with E-state index in [4.69, 9.17) is 14.2 Å². The van der Waals surface area contributed by atoms with Crippen LogP contribution in [0.3, 0.4) is 0 Å². The maximum Gasteiger partial charge on any atom is 0.411 e. The number of carbonyl (C=O) groups is 3. The summed E-state index contributed by atoms with van der Waals surface area (Å²) in [4.78, 5) is 37.0. The van der Waals surface area contributed by atoms with Gasteiger partial charge in [0.15, 0.2) is 0 Å². The Morgan fingerprint density at radius 1 is 1.08 bits per heavy atom. The molecule has 1 amide bonds. The summed E-state index contributed by atoms with van der Waals surface area (Å²) in [6, 6.07) is 6.61. The topological polar surface area (TPSA) is 103 Å². The first kappa shape index (κ1) is 18.3. The smallest absolute Gasteiger partial charge is 0.411 e. The van der Waals surface area contributed by atoms with Gasteiger partial charge in [-0.2, -0.15) is 0 Å². The van der Waals surface area contributed by atoms with Gasteiger partial charge in [0.25, 0.3) is 0 Å². The Balaban J connectivity index is 2.45. The van der Waals surface area contributed by atoms with Gasteiger partial charge in [-0.15, -0.1) is 0 Å². The van der Waals surface area contributed by atoms with E-state index in [2.05, 4.69) is 10.1 Å². The maximum absolute atomic E-state index is 12.2. The number of benzene rings is 1. The molecule has 0 aliphatic carbocycles. The second-order valence-corrected chi connectivity index (χ2v) is 4.88. The minimum absolute atomic E-state index is 0.0204. The lowest BCUT2D eigenvalue weighted by molar-refractivity contribution is -0.140. The maximum atomic E-state index is 12.2. The molecule has 2 rings (SSSR count). The molecular weight excluding hydrogens is 332 g/mol. The average molecular weight is 350 g/mol. The molecule has 1 aromatic carbocycles. The molecule has 9 nitrogen and oxygen atoms in total. The number of hydrogen-bond acceptors (Lipinski definition) is 8. The lowest BCUT2D eigenvalue weighted by atomic mass is 10.1. The fourth-order valence-corrected chi connectivity index (χ4v) is 2.27.